The van der Waals surface area contributed by atoms with Crippen molar-refractivity contribution in [2.24, 2.45) is 0 Å². The summed E-state index contributed by atoms with van der Waals surface area (Å²) in [7, 11) is 1.80. The second-order valence-corrected chi connectivity index (χ2v) is 7.94. The second-order valence-electron chi connectivity index (χ2n) is 7.94. The molecule has 0 aliphatic heterocycles. The molecule has 7 nitrogen and oxygen atoms in total. The van der Waals surface area contributed by atoms with E-state index in [2.05, 4.69) is 42.7 Å². The van der Waals surface area contributed by atoms with E-state index in [-0.39, 0.29) is 30.8 Å². The number of anilines is 2. The molecule has 1 unspecified atom stereocenters. The van der Waals surface area contributed by atoms with Crippen molar-refractivity contribution in [3.8, 4) is 0 Å². The van der Waals surface area contributed by atoms with Crippen LogP contribution in [-0.4, -0.2) is 49.3 Å². The molecule has 7 heteroatoms. The van der Waals surface area contributed by atoms with Gasteiger partial charge in [0.25, 0.3) is 11.8 Å². The van der Waals surface area contributed by atoms with Gasteiger partial charge in [0.1, 0.15) is 0 Å². The number of quaternary nitrogens is 1. The van der Waals surface area contributed by atoms with Gasteiger partial charge in [-0.2, -0.15) is 0 Å². The van der Waals surface area contributed by atoms with E-state index in [9.17, 15) is 14.4 Å². The number of carbonyl (C=O) groups excluding carboxylic acids is 3. The van der Waals surface area contributed by atoms with Crippen LogP contribution in [0.4, 0.5) is 11.4 Å². The number of aryl methyl sites for hydroxylation is 2. The SMILES string of the molecule is CC[NH+](CC(=O)Nc1ccc(NC(C)=O)cc1)CC(=O)N(C)Cc1ccc(C)cc1C. The lowest BCUT2D eigenvalue weighted by Crippen LogP contribution is -3.13. The van der Waals surface area contributed by atoms with Crippen molar-refractivity contribution in [2.45, 2.75) is 34.2 Å². The summed E-state index contributed by atoms with van der Waals surface area (Å²) in [4.78, 5) is 38.8. The number of nitrogens with one attached hydrogen (secondary N) is 3. The minimum atomic E-state index is -0.158. The van der Waals surface area contributed by atoms with E-state index in [4.69, 9.17) is 0 Å². The maximum Gasteiger partial charge on any atom is 0.279 e. The highest BCUT2D eigenvalue weighted by molar-refractivity contribution is 5.92. The first-order valence-electron chi connectivity index (χ1n) is 10.5. The maximum absolute atomic E-state index is 12.7. The van der Waals surface area contributed by atoms with Crippen molar-refractivity contribution >= 4 is 29.1 Å². The quantitative estimate of drug-likeness (QED) is 0.573. The van der Waals surface area contributed by atoms with Crippen molar-refractivity contribution in [3.05, 3.63) is 59.2 Å². The molecule has 0 aliphatic carbocycles. The first-order valence-corrected chi connectivity index (χ1v) is 10.5. The Morgan fingerprint density at radius 3 is 2.10 bits per heavy atom. The first kappa shape index (κ1) is 24.1. The zero-order valence-electron chi connectivity index (χ0n) is 19.0. The molecular formula is C24H33N4O3+. The standard InChI is InChI=1S/C24H32N4O3/c1-6-28(15-23(30)26-22-11-9-21(10-12-22)25-19(4)29)16-24(31)27(5)14-20-8-7-17(2)13-18(20)3/h7-13H,6,14-16H2,1-5H3,(H,25,29)(H,26,30)/p+1. The number of nitrogens with zero attached hydrogens (tertiary/aromatic N) is 1. The summed E-state index contributed by atoms with van der Waals surface area (Å²) in [5, 5.41) is 5.53. The minimum Gasteiger partial charge on any atom is -0.337 e. The second kappa shape index (κ2) is 11.3. The Labute approximate surface area is 184 Å². The molecule has 1 atom stereocenters. The molecule has 0 fully saturated rings. The Kier molecular flexibility index (Phi) is 8.75. The van der Waals surface area contributed by atoms with Crippen molar-refractivity contribution in [1.29, 1.82) is 0 Å². The van der Waals surface area contributed by atoms with E-state index in [0.29, 0.717) is 24.5 Å². The number of hydrogen-bond donors (Lipinski definition) is 3. The normalized spacial score (nSPS) is 11.5. The molecule has 3 N–H and O–H groups in total. The Morgan fingerprint density at radius 1 is 0.935 bits per heavy atom. The molecule has 0 saturated heterocycles. The number of benzene rings is 2. The topological polar surface area (TPSA) is 83.0 Å². The third-order valence-corrected chi connectivity index (χ3v) is 5.13. The molecule has 0 saturated carbocycles. The lowest BCUT2D eigenvalue weighted by Gasteiger charge is -2.22. The molecule has 0 aromatic heterocycles. The predicted octanol–water partition coefficient (Wildman–Crippen LogP) is 1.76. The lowest BCUT2D eigenvalue weighted by molar-refractivity contribution is -0.882. The van der Waals surface area contributed by atoms with Gasteiger partial charge < -0.3 is 20.4 Å². The highest BCUT2D eigenvalue weighted by atomic mass is 16.2. The van der Waals surface area contributed by atoms with Crippen LogP contribution in [0.5, 0.6) is 0 Å². The summed E-state index contributed by atoms with van der Waals surface area (Å²) in [5.41, 5.74) is 4.81. The monoisotopic (exact) mass is 425 g/mol. The maximum atomic E-state index is 12.7. The molecule has 0 radical (unpaired) electrons. The summed E-state index contributed by atoms with van der Waals surface area (Å²) in [6, 6.07) is 13.2. The van der Waals surface area contributed by atoms with Gasteiger partial charge >= 0.3 is 0 Å². The van der Waals surface area contributed by atoms with Crippen LogP contribution in [0.15, 0.2) is 42.5 Å². The molecule has 31 heavy (non-hydrogen) atoms. The van der Waals surface area contributed by atoms with Crippen LogP contribution in [-0.2, 0) is 20.9 Å². The van der Waals surface area contributed by atoms with Gasteiger partial charge in [-0.1, -0.05) is 23.8 Å². The largest absolute Gasteiger partial charge is 0.337 e. The number of rotatable bonds is 9. The molecule has 2 aromatic rings. The van der Waals surface area contributed by atoms with E-state index >= 15 is 0 Å². The van der Waals surface area contributed by atoms with Crippen LogP contribution in [0.2, 0.25) is 0 Å². The van der Waals surface area contributed by atoms with Crippen LogP contribution in [0, 0.1) is 13.8 Å². The van der Waals surface area contributed by atoms with Gasteiger partial charge in [0.05, 0.1) is 6.54 Å². The van der Waals surface area contributed by atoms with Crippen LogP contribution in [0.3, 0.4) is 0 Å². The summed E-state index contributed by atoms with van der Waals surface area (Å²) in [6.07, 6.45) is 0. The van der Waals surface area contributed by atoms with Crippen molar-refractivity contribution < 1.29 is 19.3 Å². The Hall–Kier alpha value is -3.19. The van der Waals surface area contributed by atoms with E-state index in [0.717, 1.165) is 10.5 Å². The molecule has 0 heterocycles. The van der Waals surface area contributed by atoms with Crippen molar-refractivity contribution in [3.63, 3.8) is 0 Å². The van der Waals surface area contributed by atoms with Gasteiger partial charge in [0.15, 0.2) is 13.1 Å². The Balaban J connectivity index is 1.87. The fourth-order valence-electron chi connectivity index (χ4n) is 3.30. The van der Waals surface area contributed by atoms with Gasteiger partial charge in [-0.25, -0.2) is 0 Å². The first-order chi connectivity index (χ1) is 14.7. The van der Waals surface area contributed by atoms with E-state index in [1.54, 1.807) is 36.2 Å². The third kappa shape index (κ3) is 7.86. The number of amides is 3. The van der Waals surface area contributed by atoms with Crippen LogP contribution < -0.4 is 15.5 Å². The molecule has 0 bridgehead atoms. The van der Waals surface area contributed by atoms with Crippen molar-refractivity contribution in [2.75, 3.05) is 37.3 Å². The molecular weight excluding hydrogens is 392 g/mol. The summed E-state index contributed by atoms with van der Waals surface area (Å²) in [6.45, 7) is 9.18. The highest BCUT2D eigenvalue weighted by Crippen LogP contribution is 2.13. The van der Waals surface area contributed by atoms with Crippen LogP contribution in [0.25, 0.3) is 0 Å². The Morgan fingerprint density at radius 2 is 1.55 bits per heavy atom. The lowest BCUT2D eigenvalue weighted by atomic mass is 10.1. The summed E-state index contributed by atoms with van der Waals surface area (Å²) >= 11 is 0. The average molecular weight is 426 g/mol. The molecule has 2 aromatic carbocycles. The van der Waals surface area contributed by atoms with E-state index in [1.165, 1.54) is 18.1 Å². The summed E-state index contributed by atoms with van der Waals surface area (Å²) < 4.78 is 0. The predicted molar refractivity (Wildman–Crippen MR) is 123 cm³/mol. The van der Waals surface area contributed by atoms with Crippen molar-refractivity contribution in [1.82, 2.24) is 4.90 Å². The van der Waals surface area contributed by atoms with E-state index < -0.39 is 0 Å². The number of likely N-dealkylation sites (N-methyl/N-ethyl adjacent to an activating group) is 2. The van der Waals surface area contributed by atoms with Gasteiger partial charge in [0, 0.05) is 31.9 Å². The zero-order chi connectivity index (χ0) is 23.0. The average Bonchev–Trinajstić information content (AvgIpc) is 2.70. The zero-order valence-corrected chi connectivity index (χ0v) is 19.0. The van der Waals surface area contributed by atoms with Crippen LogP contribution in [0.1, 0.15) is 30.5 Å². The smallest absolute Gasteiger partial charge is 0.279 e. The summed E-state index contributed by atoms with van der Waals surface area (Å²) in [5.74, 6) is -0.301. The molecule has 0 spiro atoms. The fraction of sp³-hybridized carbons (Fsp3) is 0.375. The van der Waals surface area contributed by atoms with Gasteiger partial charge in [0.2, 0.25) is 5.91 Å². The third-order valence-electron chi connectivity index (χ3n) is 5.13. The van der Waals surface area contributed by atoms with Gasteiger partial charge in [-0.15, -0.1) is 0 Å². The van der Waals surface area contributed by atoms with E-state index in [1.807, 2.05) is 6.92 Å². The van der Waals surface area contributed by atoms with Gasteiger partial charge in [-0.3, -0.25) is 14.4 Å². The van der Waals surface area contributed by atoms with Crippen LogP contribution >= 0.6 is 0 Å². The molecule has 0 aliphatic rings. The molecule has 166 valence electrons. The molecule has 2 rings (SSSR count). The van der Waals surface area contributed by atoms with Gasteiger partial charge in [-0.05, 0) is 56.2 Å². The highest BCUT2D eigenvalue weighted by Gasteiger charge is 2.20. The minimum absolute atomic E-state index is 0.00397. The number of carbonyl (C=O) groups is 3. The Bertz CT molecular complexity index is 925. The number of hydrogen-bond acceptors (Lipinski definition) is 3. The molecule has 3 amide bonds. The fourth-order valence-corrected chi connectivity index (χ4v) is 3.30.